The number of amides is 1. The van der Waals surface area contributed by atoms with Gasteiger partial charge in [0.2, 0.25) is 11.9 Å². The van der Waals surface area contributed by atoms with E-state index in [1.807, 2.05) is 35.2 Å². The normalized spacial score (nSPS) is 16.5. The van der Waals surface area contributed by atoms with Crippen molar-refractivity contribution in [3.63, 3.8) is 0 Å². The zero-order valence-corrected chi connectivity index (χ0v) is 17.3. The molecule has 0 saturated carbocycles. The van der Waals surface area contributed by atoms with Crippen molar-refractivity contribution >= 4 is 33.5 Å². The second kappa shape index (κ2) is 8.69. The molecule has 1 atom stereocenters. The van der Waals surface area contributed by atoms with Gasteiger partial charge in [-0.05, 0) is 48.7 Å². The Labute approximate surface area is 177 Å². The van der Waals surface area contributed by atoms with Crippen LogP contribution in [0.15, 0.2) is 65.4 Å². The van der Waals surface area contributed by atoms with Crippen molar-refractivity contribution in [1.82, 2.24) is 9.97 Å². The first-order valence-corrected chi connectivity index (χ1v) is 10.3. The molecule has 2 heterocycles. The summed E-state index contributed by atoms with van der Waals surface area (Å²) in [6, 6.07) is 13.9. The lowest BCUT2D eigenvalue weighted by Crippen LogP contribution is -2.41. The molecule has 1 amide bonds. The third-order valence-electron chi connectivity index (χ3n) is 4.96. The molecule has 5 nitrogen and oxygen atoms in total. The van der Waals surface area contributed by atoms with Gasteiger partial charge in [-0.3, -0.25) is 4.79 Å². The lowest BCUT2D eigenvalue weighted by Gasteiger charge is -2.32. The van der Waals surface area contributed by atoms with Crippen molar-refractivity contribution in [2.45, 2.75) is 12.8 Å². The Hall–Kier alpha value is -2.80. The van der Waals surface area contributed by atoms with Gasteiger partial charge in [0.15, 0.2) is 0 Å². The van der Waals surface area contributed by atoms with Crippen molar-refractivity contribution in [2.24, 2.45) is 5.92 Å². The summed E-state index contributed by atoms with van der Waals surface area (Å²) in [5, 5.41) is 2.99. The Morgan fingerprint density at radius 1 is 1.10 bits per heavy atom. The molecule has 0 spiro atoms. The highest BCUT2D eigenvalue weighted by Gasteiger charge is 2.27. The van der Waals surface area contributed by atoms with E-state index in [4.69, 9.17) is 0 Å². The second-order valence-electron chi connectivity index (χ2n) is 7.07. The number of nitrogens with one attached hydrogen (secondary N) is 1. The van der Waals surface area contributed by atoms with E-state index in [1.54, 1.807) is 18.5 Å². The van der Waals surface area contributed by atoms with Gasteiger partial charge in [0.05, 0.1) is 5.92 Å². The summed E-state index contributed by atoms with van der Waals surface area (Å²) in [5.41, 5.74) is 2.27. The monoisotopic (exact) mass is 454 g/mol. The third kappa shape index (κ3) is 4.79. The SMILES string of the molecule is O=C(Nc1cccc(Br)c1)[C@H]1CCCN(c2ncc(-c3cccc(F)c3)cn2)C1. The predicted octanol–water partition coefficient (Wildman–Crippen LogP) is 4.90. The molecule has 7 heteroatoms. The number of piperidine rings is 1. The van der Waals surface area contributed by atoms with Crippen LogP contribution in [0.5, 0.6) is 0 Å². The summed E-state index contributed by atoms with van der Waals surface area (Å²) >= 11 is 3.42. The molecule has 148 valence electrons. The smallest absolute Gasteiger partial charge is 0.229 e. The van der Waals surface area contributed by atoms with E-state index in [0.29, 0.717) is 12.5 Å². The maximum Gasteiger partial charge on any atom is 0.229 e. The van der Waals surface area contributed by atoms with Gasteiger partial charge >= 0.3 is 0 Å². The quantitative estimate of drug-likeness (QED) is 0.608. The van der Waals surface area contributed by atoms with Crippen molar-refractivity contribution in [1.29, 1.82) is 0 Å². The number of hydrogen-bond acceptors (Lipinski definition) is 4. The molecule has 1 aliphatic heterocycles. The topological polar surface area (TPSA) is 58.1 Å². The molecule has 0 aliphatic carbocycles. The Bertz CT molecular complexity index is 1010. The van der Waals surface area contributed by atoms with E-state index in [9.17, 15) is 9.18 Å². The number of halogens is 2. The van der Waals surface area contributed by atoms with Crippen molar-refractivity contribution < 1.29 is 9.18 Å². The van der Waals surface area contributed by atoms with Crippen molar-refractivity contribution in [2.75, 3.05) is 23.3 Å². The van der Waals surface area contributed by atoms with Crippen LogP contribution in [0.3, 0.4) is 0 Å². The largest absolute Gasteiger partial charge is 0.340 e. The zero-order chi connectivity index (χ0) is 20.2. The standard InChI is InChI=1S/C22H20BrFN4O/c23-18-6-2-8-20(11-18)27-21(29)16-5-3-9-28(14-16)22-25-12-17(13-26-22)15-4-1-7-19(24)10-15/h1-2,4,6-8,10-13,16H,3,5,9,14H2,(H,27,29)/t16-/m0/s1. The number of aromatic nitrogens is 2. The average Bonchev–Trinajstić information content (AvgIpc) is 2.74. The van der Waals surface area contributed by atoms with Gasteiger partial charge in [0.1, 0.15) is 5.82 Å². The van der Waals surface area contributed by atoms with Gasteiger partial charge in [-0.15, -0.1) is 0 Å². The maximum atomic E-state index is 13.4. The van der Waals surface area contributed by atoms with Gasteiger partial charge < -0.3 is 10.2 Å². The van der Waals surface area contributed by atoms with E-state index in [1.165, 1.54) is 12.1 Å². The Kier molecular flexibility index (Phi) is 5.85. The lowest BCUT2D eigenvalue weighted by atomic mass is 9.97. The fraction of sp³-hybridized carbons (Fsp3) is 0.227. The molecule has 0 radical (unpaired) electrons. The number of benzene rings is 2. The minimum absolute atomic E-state index is 0.00387. The van der Waals surface area contributed by atoms with Crippen molar-refractivity contribution in [3.05, 3.63) is 71.2 Å². The first-order chi connectivity index (χ1) is 14.1. The number of carbonyl (C=O) groups excluding carboxylic acids is 1. The minimum atomic E-state index is -0.290. The van der Waals surface area contributed by atoms with Crippen LogP contribution in [-0.2, 0) is 4.79 Å². The van der Waals surface area contributed by atoms with Crippen LogP contribution in [0.1, 0.15) is 12.8 Å². The summed E-state index contributed by atoms with van der Waals surface area (Å²) in [6.45, 7) is 1.37. The van der Waals surface area contributed by atoms with Gasteiger partial charge in [0, 0.05) is 41.2 Å². The van der Waals surface area contributed by atoms with Crippen LogP contribution >= 0.6 is 15.9 Å². The molecule has 2 aromatic carbocycles. The Morgan fingerprint density at radius 2 is 1.90 bits per heavy atom. The molecule has 0 bridgehead atoms. The second-order valence-corrected chi connectivity index (χ2v) is 7.98. The number of hydrogen-bond donors (Lipinski definition) is 1. The first kappa shape index (κ1) is 19.5. The first-order valence-electron chi connectivity index (χ1n) is 9.48. The summed E-state index contributed by atoms with van der Waals surface area (Å²) in [4.78, 5) is 23.6. The van der Waals surface area contributed by atoms with Crippen LogP contribution in [0.4, 0.5) is 16.0 Å². The molecular formula is C22H20BrFN4O. The predicted molar refractivity (Wildman–Crippen MR) is 115 cm³/mol. The van der Waals surface area contributed by atoms with Crippen molar-refractivity contribution in [3.8, 4) is 11.1 Å². The Morgan fingerprint density at radius 3 is 2.66 bits per heavy atom. The highest BCUT2D eigenvalue weighted by Crippen LogP contribution is 2.24. The van der Waals surface area contributed by atoms with Gasteiger partial charge in [-0.25, -0.2) is 14.4 Å². The summed E-state index contributed by atoms with van der Waals surface area (Å²) in [6.07, 6.45) is 5.12. The molecule has 0 unspecified atom stereocenters. The highest BCUT2D eigenvalue weighted by molar-refractivity contribution is 9.10. The molecular weight excluding hydrogens is 435 g/mol. The summed E-state index contributed by atoms with van der Waals surface area (Å²) in [7, 11) is 0. The molecule has 3 aromatic rings. The van der Waals surface area contributed by atoms with Gasteiger partial charge in [-0.1, -0.05) is 34.1 Å². The van der Waals surface area contributed by atoms with E-state index >= 15 is 0 Å². The third-order valence-corrected chi connectivity index (χ3v) is 5.46. The van der Waals surface area contributed by atoms with Gasteiger partial charge in [0.25, 0.3) is 0 Å². The van der Waals surface area contributed by atoms with Crippen LogP contribution in [0.2, 0.25) is 0 Å². The number of carbonyl (C=O) groups is 1. The summed E-state index contributed by atoms with van der Waals surface area (Å²) in [5.74, 6) is 0.172. The zero-order valence-electron chi connectivity index (χ0n) is 15.7. The van der Waals surface area contributed by atoms with E-state index in [0.717, 1.165) is 40.7 Å². The lowest BCUT2D eigenvalue weighted by molar-refractivity contribution is -0.120. The number of nitrogens with zero attached hydrogens (tertiary/aromatic N) is 3. The molecule has 4 rings (SSSR count). The molecule has 1 saturated heterocycles. The van der Waals surface area contributed by atoms with Gasteiger partial charge in [-0.2, -0.15) is 0 Å². The Balaban J connectivity index is 1.43. The number of rotatable bonds is 4. The fourth-order valence-corrected chi connectivity index (χ4v) is 3.88. The molecule has 29 heavy (non-hydrogen) atoms. The molecule has 1 fully saturated rings. The molecule has 1 aromatic heterocycles. The van der Waals surface area contributed by atoms with Crippen LogP contribution in [0.25, 0.3) is 11.1 Å². The van der Waals surface area contributed by atoms with Crippen LogP contribution in [0, 0.1) is 11.7 Å². The van der Waals surface area contributed by atoms with E-state index < -0.39 is 0 Å². The highest BCUT2D eigenvalue weighted by atomic mass is 79.9. The summed E-state index contributed by atoms with van der Waals surface area (Å²) < 4.78 is 14.4. The van der Waals surface area contributed by atoms with Crippen LogP contribution in [-0.4, -0.2) is 29.0 Å². The minimum Gasteiger partial charge on any atom is -0.340 e. The molecule has 1 aliphatic rings. The van der Waals surface area contributed by atoms with E-state index in [2.05, 4.69) is 31.2 Å². The average molecular weight is 455 g/mol. The molecule has 1 N–H and O–H groups in total. The maximum absolute atomic E-state index is 13.4. The number of anilines is 2. The van der Waals surface area contributed by atoms with E-state index in [-0.39, 0.29) is 17.6 Å². The fourth-order valence-electron chi connectivity index (χ4n) is 3.48. The van der Waals surface area contributed by atoms with Crippen LogP contribution < -0.4 is 10.2 Å².